The molecule has 0 unspecified atom stereocenters. The molecule has 6 aromatic carbocycles. The van der Waals surface area contributed by atoms with Gasteiger partial charge in [0.2, 0.25) is 0 Å². The molecule has 43 heavy (non-hydrogen) atoms. The summed E-state index contributed by atoms with van der Waals surface area (Å²) in [5, 5.41) is 25.9. The maximum absolute atomic E-state index is 10.3. The van der Waals surface area contributed by atoms with E-state index in [9.17, 15) is 10.5 Å². The Hall–Kier alpha value is -6.30. The molecule has 0 atom stereocenters. The summed E-state index contributed by atoms with van der Waals surface area (Å²) in [6.45, 7) is 0. The van der Waals surface area contributed by atoms with E-state index in [1.165, 1.54) is 0 Å². The molecule has 0 spiro atoms. The normalized spacial score (nSPS) is 11.7. The SMILES string of the molecule is N#Cc1ccc2oc3ccc4oc5ccc(-c6c(C#N)cccc6-n6c7ccccc7c7ccccc76)cc5c4c3c2c1. The fourth-order valence-electron chi connectivity index (χ4n) is 6.67. The minimum Gasteiger partial charge on any atom is -0.456 e. The summed E-state index contributed by atoms with van der Waals surface area (Å²) in [5.74, 6) is 0. The Morgan fingerprint density at radius 3 is 1.77 bits per heavy atom. The second kappa shape index (κ2) is 8.60. The molecule has 198 valence electrons. The van der Waals surface area contributed by atoms with Gasteiger partial charge in [0.15, 0.2) is 0 Å². The van der Waals surface area contributed by atoms with Crippen molar-refractivity contribution in [2.45, 2.75) is 0 Å². The third kappa shape index (κ3) is 3.19. The lowest BCUT2D eigenvalue weighted by Gasteiger charge is -2.15. The van der Waals surface area contributed by atoms with Crippen LogP contribution in [-0.4, -0.2) is 4.57 Å². The number of hydrogen-bond donors (Lipinski definition) is 0. The molecule has 0 N–H and O–H groups in total. The first-order valence-corrected chi connectivity index (χ1v) is 14.0. The fraction of sp³-hybridized carbons (Fsp3) is 0. The molecule has 0 aliphatic heterocycles. The maximum atomic E-state index is 10.3. The van der Waals surface area contributed by atoms with Crippen molar-refractivity contribution in [3.8, 4) is 29.0 Å². The molecule has 5 nitrogen and oxygen atoms in total. The van der Waals surface area contributed by atoms with E-state index >= 15 is 0 Å². The maximum Gasteiger partial charge on any atom is 0.136 e. The summed E-state index contributed by atoms with van der Waals surface area (Å²) in [6.07, 6.45) is 0. The van der Waals surface area contributed by atoms with E-state index in [2.05, 4.69) is 65.2 Å². The van der Waals surface area contributed by atoms with E-state index in [1.807, 2.05) is 60.7 Å². The van der Waals surface area contributed by atoms with Gasteiger partial charge < -0.3 is 13.4 Å². The van der Waals surface area contributed by atoms with Crippen LogP contribution in [0.25, 0.3) is 82.5 Å². The van der Waals surface area contributed by atoms with Crippen molar-refractivity contribution in [2.75, 3.05) is 0 Å². The number of hydrogen-bond acceptors (Lipinski definition) is 4. The van der Waals surface area contributed by atoms with Crippen molar-refractivity contribution < 1.29 is 8.83 Å². The number of rotatable bonds is 2. The molecule has 3 aromatic heterocycles. The Morgan fingerprint density at radius 2 is 1.12 bits per heavy atom. The van der Waals surface area contributed by atoms with Gasteiger partial charge in [-0.05, 0) is 72.3 Å². The number of para-hydroxylation sites is 2. The second-order valence-corrected chi connectivity index (χ2v) is 10.7. The third-order valence-corrected chi connectivity index (χ3v) is 8.47. The zero-order valence-electron chi connectivity index (χ0n) is 22.6. The van der Waals surface area contributed by atoms with Gasteiger partial charge in [-0.3, -0.25) is 0 Å². The predicted molar refractivity (Wildman–Crippen MR) is 170 cm³/mol. The van der Waals surface area contributed by atoms with Crippen LogP contribution in [0.5, 0.6) is 0 Å². The number of fused-ring (bicyclic) bond motifs is 10. The quantitative estimate of drug-likeness (QED) is 0.215. The van der Waals surface area contributed by atoms with Gasteiger partial charge in [0.25, 0.3) is 0 Å². The van der Waals surface area contributed by atoms with Crippen LogP contribution in [0.15, 0.2) is 124 Å². The average Bonchev–Trinajstić information content (AvgIpc) is 3.72. The van der Waals surface area contributed by atoms with Crippen LogP contribution in [0.4, 0.5) is 0 Å². The van der Waals surface area contributed by atoms with Crippen molar-refractivity contribution in [1.82, 2.24) is 4.57 Å². The van der Waals surface area contributed by atoms with Crippen LogP contribution >= 0.6 is 0 Å². The zero-order valence-corrected chi connectivity index (χ0v) is 22.6. The van der Waals surface area contributed by atoms with Crippen molar-refractivity contribution in [3.63, 3.8) is 0 Å². The molecule has 0 amide bonds. The highest BCUT2D eigenvalue weighted by molar-refractivity contribution is 6.26. The van der Waals surface area contributed by atoms with Gasteiger partial charge >= 0.3 is 0 Å². The monoisotopic (exact) mass is 549 g/mol. The number of furan rings is 2. The molecule has 5 heteroatoms. The van der Waals surface area contributed by atoms with Crippen LogP contribution in [0, 0.1) is 22.7 Å². The molecule has 0 aliphatic carbocycles. The van der Waals surface area contributed by atoms with Gasteiger partial charge in [0.05, 0.1) is 40.0 Å². The van der Waals surface area contributed by atoms with E-state index in [0.717, 1.165) is 82.5 Å². The van der Waals surface area contributed by atoms with Crippen LogP contribution in [0.2, 0.25) is 0 Å². The Bertz CT molecular complexity index is 2650. The molecule has 0 radical (unpaired) electrons. The van der Waals surface area contributed by atoms with E-state index in [1.54, 1.807) is 6.07 Å². The Labute approximate surface area is 244 Å². The first-order chi connectivity index (χ1) is 21.2. The predicted octanol–water partition coefficient (Wildman–Crippen LogP) is 9.99. The number of benzene rings is 6. The van der Waals surface area contributed by atoms with E-state index < -0.39 is 0 Å². The first-order valence-electron chi connectivity index (χ1n) is 14.0. The lowest BCUT2D eigenvalue weighted by Crippen LogP contribution is -1.99. The van der Waals surface area contributed by atoms with Gasteiger partial charge in [-0.2, -0.15) is 10.5 Å². The highest BCUT2D eigenvalue weighted by atomic mass is 16.3. The fourth-order valence-corrected chi connectivity index (χ4v) is 6.67. The number of aromatic nitrogens is 1. The Kier molecular flexibility index (Phi) is 4.68. The van der Waals surface area contributed by atoms with Gasteiger partial charge in [-0.25, -0.2) is 0 Å². The van der Waals surface area contributed by atoms with Crippen molar-refractivity contribution in [2.24, 2.45) is 0 Å². The van der Waals surface area contributed by atoms with Gasteiger partial charge in [0, 0.05) is 37.9 Å². The first kappa shape index (κ1) is 23.4. The van der Waals surface area contributed by atoms with E-state index in [0.29, 0.717) is 11.1 Å². The van der Waals surface area contributed by atoms with Crippen LogP contribution < -0.4 is 0 Å². The largest absolute Gasteiger partial charge is 0.456 e. The number of nitrogens with zero attached hydrogens (tertiary/aromatic N) is 3. The second-order valence-electron chi connectivity index (χ2n) is 10.7. The summed E-state index contributed by atoms with van der Waals surface area (Å²) in [6, 6.07) is 42.8. The summed E-state index contributed by atoms with van der Waals surface area (Å²) < 4.78 is 14.8. The zero-order chi connectivity index (χ0) is 28.7. The highest BCUT2D eigenvalue weighted by Crippen LogP contribution is 2.43. The molecule has 0 saturated carbocycles. The summed E-state index contributed by atoms with van der Waals surface area (Å²) in [7, 11) is 0. The standard InChI is InChI=1S/C38H19N3O2/c39-20-22-12-14-32-27(18-22)37-34(42-32)16-17-35-38(37)28-19-23(13-15-33(28)43-35)36-24(21-40)6-5-11-31(36)41-29-9-3-1-7-25(29)26-8-2-4-10-30(26)41/h1-19H. The van der Waals surface area contributed by atoms with Crippen LogP contribution in [0.1, 0.15) is 11.1 Å². The average molecular weight is 550 g/mol. The molecule has 0 bridgehead atoms. The Morgan fingerprint density at radius 1 is 0.512 bits per heavy atom. The molecule has 0 aliphatic rings. The minimum absolute atomic E-state index is 0.569. The smallest absolute Gasteiger partial charge is 0.136 e. The van der Waals surface area contributed by atoms with Crippen molar-refractivity contribution in [1.29, 1.82) is 10.5 Å². The molecule has 9 rings (SSSR count). The van der Waals surface area contributed by atoms with Gasteiger partial charge in [-0.1, -0.05) is 48.5 Å². The molecule has 3 heterocycles. The van der Waals surface area contributed by atoms with Crippen LogP contribution in [-0.2, 0) is 0 Å². The van der Waals surface area contributed by atoms with Crippen molar-refractivity contribution in [3.05, 3.63) is 126 Å². The Balaban J connectivity index is 1.39. The summed E-state index contributed by atoms with van der Waals surface area (Å²) in [4.78, 5) is 0. The third-order valence-electron chi connectivity index (χ3n) is 8.47. The molecule has 0 fully saturated rings. The molecule has 0 saturated heterocycles. The van der Waals surface area contributed by atoms with Crippen molar-refractivity contribution >= 4 is 65.7 Å². The summed E-state index contributed by atoms with van der Waals surface area (Å²) >= 11 is 0. The topological polar surface area (TPSA) is 78.8 Å². The molecule has 9 aromatic rings. The van der Waals surface area contributed by atoms with Crippen LogP contribution in [0.3, 0.4) is 0 Å². The lowest BCUT2D eigenvalue weighted by atomic mass is 9.95. The molecular weight excluding hydrogens is 530 g/mol. The summed E-state index contributed by atoms with van der Waals surface area (Å²) in [5.41, 5.74) is 8.93. The highest BCUT2D eigenvalue weighted by Gasteiger charge is 2.21. The lowest BCUT2D eigenvalue weighted by molar-refractivity contribution is 0.663. The van der Waals surface area contributed by atoms with Gasteiger partial charge in [0.1, 0.15) is 22.3 Å². The van der Waals surface area contributed by atoms with E-state index in [-0.39, 0.29) is 0 Å². The minimum atomic E-state index is 0.569. The number of nitriles is 2. The van der Waals surface area contributed by atoms with Gasteiger partial charge in [-0.15, -0.1) is 0 Å². The van der Waals surface area contributed by atoms with E-state index in [4.69, 9.17) is 8.83 Å². The molecular formula is C38H19N3O2.